The van der Waals surface area contributed by atoms with Crippen molar-refractivity contribution in [2.75, 3.05) is 13.6 Å². The van der Waals surface area contributed by atoms with Gasteiger partial charge < -0.3 is 4.98 Å². The summed E-state index contributed by atoms with van der Waals surface area (Å²) in [7, 11) is 2.03. The van der Waals surface area contributed by atoms with Crippen molar-refractivity contribution >= 4 is 32.6 Å². The van der Waals surface area contributed by atoms with E-state index in [9.17, 15) is 4.79 Å². The SMILES string of the molecule is CN1CCCC1C(=O)c1c[nH]c2ccc(Br)cc12. The molecule has 0 spiro atoms. The minimum absolute atomic E-state index is 0.0444. The Morgan fingerprint density at radius 3 is 3.06 bits per heavy atom. The molecule has 1 aromatic carbocycles. The van der Waals surface area contributed by atoms with E-state index in [1.54, 1.807) is 0 Å². The van der Waals surface area contributed by atoms with Crippen molar-refractivity contribution in [1.82, 2.24) is 9.88 Å². The molecule has 0 radical (unpaired) electrons. The van der Waals surface area contributed by atoms with Crippen LogP contribution in [0.5, 0.6) is 0 Å². The number of Topliss-reactive ketones (excluding diaryl/α,β-unsaturated/α-hetero) is 1. The number of H-pyrrole nitrogens is 1. The third-order valence-electron chi connectivity index (χ3n) is 3.73. The predicted octanol–water partition coefficient (Wildman–Crippen LogP) is 3.21. The predicted molar refractivity (Wildman–Crippen MR) is 76.0 cm³/mol. The van der Waals surface area contributed by atoms with Crippen LogP contribution < -0.4 is 0 Å². The fourth-order valence-electron chi connectivity index (χ4n) is 2.72. The van der Waals surface area contributed by atoms with Gasteiger partial charge in [-0.25, -0.2) is 0 Å². The van der Waals surface area contributed by atoms with E-state index in [2.05, 4.69) is 25.8 Å². The van der Waals surface area contributed by atoms with Crippen molar-refractivity contribution in [3.8, 4) is 0 Å². The summed E-state index contributed by atoms with van der Waals surface area (Å²) in [6.07, 6.45) is 3.92. The van der Waals surface area contributed by atoms with Gasteiger partial charge in [-0.2, -0.15) is 0 Å². The van der Waals surface area contributed by atoms with Gasteiger partial charge in [0.25, 0.3) is 0 Å². The van der Waals surface area contributed by atoms with Gasteiger partial charge in [0, 0.05) is 27.1 Å². The van der Waals surface area contributed by atoms with Gasteiger partial charge in [-0.05, 0) is 44.6 Å². The quantitative estimate of drug-likeness (QED) is 0.865. The molecule has 1 aromatic heterocycles. The number of likely N-dealkylation sites (tertiary alicyclic amines) is 1. The molecule has 1 saturated heterocycles. The van der Waals surface area contributed by atoms with Crippen LogP contribution in [0.1, 0.15) is 23.2 Å². The Labute approximate surface area is 114 Å². The number of likely N-dealkylation sites (N-methyl/N-ethyl adjacent to an activating group) is 1. The minimum atomic E-state index is 0.0444. The Bertz CT molecular complexity index is 605. The number of fused-ring (bicyclic) bond motifs is 1. The number of hydrogen-bond donors (Lipinski definition) is 1. The molecular weight excluding hydrogens is 292 g/mol. The van der Waals surface area contributed by atoms with Gasteiger partial charge in [-0.3, -0.25) is 9.69 Å². The van der Waals surface area contributed by atoms with Crippen molar-refractivity contribution in [1.29, 1.82) is 0 Å². The van der Waals surface area contributed by atoms with Gasteiger partial charge in [0.2, 0.25) is 0 Å². The molecule has 1 N–H and O–H groups in total. The van der Waals surface area contributed by atoms with Crippen LogP contribution in [-0.2, 0) is 0 Å². The van der Waals surface area contributed by atoms with Gasteiger partial charge in [0.05, 0.1) is 6.04 Å². The molecule has 94 valence electrons. The second kappa shape index (κ2) is 4.52. The van der Waals surface area contributed by atoms with Crippen LogP contribution >= 0.6 is 15.9 Å². The van der Waals surface area contributed by atoms with E-state index in [4.69, 9.17) is 0 Å². The van der Waals surface area contributed by atoms with Gasteiger partial charge in [-0.1, -0.05) is 15.9 Å². The smallest absolute Gasteiger partial charge is 0.182 e. The summed E-state index contributed by atoms with van der Waals surface area (Å²) in [6.45, 7) is 1.02. The number of halogens is 1. The molecule has 1 unspecified atom stereocenters. The van der Waals surface area contributed by atoms with Gasteiger partial charge in [-0.15, -0.1) is 0 Å². The van der Waals surface area contributed by atoms with E-state index in [0.29, 0.717) is 0 Å². The Morgan fingerprint density at radius 1 is 1.50 bits per heavy atom. The highest BCUT2D eigenvalue weighted by Gasteiger charge is 2.29. The monoisotopic (exact) mass is 306 g/mol. The minimum Gasteiger partial charge on any atom is -0.360 e. The van der Waals surface area contributed by atoms with E-state index < -0.39 is 0 Å². The van der Waals surface area contributed by atoms with Gasteiger partial charge in [0.1, 0.15) is 0 Å². The first kappa shape index (κ1) is 11.9. The maximum absolute atomic E-state index is 12.6. The number of carbonyl (C=O) groups is 1. The van der Waals surface area contributed by atoms with Crippen LogP contribution in [0.4, 0.5) is 0 Å². The molecule has 4 heteroatoms. The molecule has 0 amide bonds. The molecule has 18 heavy (non-hydrogen) atoms. The fourth-order valence-corrected chi connectivity index (χ4v) is 3.08. The highest BCUT2D eigenvalue weighted by atomic mass is 79.9. The first-order valence-corrected chi connectivity index (χ1v) is 6.97. The summed E-state index contributed by atoms with van der Waals surface area (Å²) in [5, 5.41) is 1.01. The average molecular weight is 307 g/mol. The first-order chi connectivity index (χ1) is 8.66. The summed E-state index contributed by atoms with van der Waals surface area (Å²) >= 11 is 3.46. The van der Waals surface area contributed by atoms with E-state index in [1.807, 2.05) is 31.4 Å². The molecule has 1 aliphatic rings. The van der Waals surface area contributed by atoms with Crippen molar-refractivity contribution < 1.29 is 4.79 Å². The number of aromatic nitrogens is 1. The lowest BCUT2D eigenvalue weighted by atomic mass is 10.0. The number of aromatic amines is 1. The summed E-state index contributed by atoms with van der Waals surface area (Å²) in [6, 6.07) is 6.03. The Kier molecular flexibility index (Phi) is 2.99. The molecule has 2 aromatic rings. The molecule has 0 bridgehead atoms. The van der Waals surface area contributed by atoms with Crippen LogP contribution in [0.2, 0.25) is 0 Å². The zero-order valence-corrected chi connectivity index (χ0v) is 11.8. The molecule has 1 fully saturated rings. The maximum Gasteiger partial charge on any atom is 0.182 e. The van der Waals surface area contributed by atoms with Crippen molar-refractivity contribution in [3.63, 3.8) is 0 Å². The number of carbonyl (C=O) groups excluding carboxylic acids is 1. The number of nitrogens with one attached hydrogen (secondary N) is 1. The highest BCUT2D eigenvalue weighted by Crippen LogP contribution is 2.26. The third-order valence-corrected chi connectivity index (χ3v) is 4.23. The van der Waals surface area contributed by atoms with Crippen LogP contribution in [0, 0.1) is 0 Å². The highest BCUT2D eigenvalue weighted by molar-refractivity contribution is 9.10. The van der Waals surface area contributed by atoms with Crippen molar-refractivity contribution in [3.05, 3.63) is 34.4 Å². The standard InChI is InChI=1S/C14H15BrN2O/c1-17-6-2-3-13(17)14(18)11-8-16-12-5-4-9(15)7-10(11)12/h4-5,7-8,13,16H,2-3,6H2,1H3. The lowest BCUT2D eigenvalue weighted by Gasteiger charge is -2.17. The first-order valence-electron chi connectivity index (χ1n) is 6.18. The summed E-state index contributed by atoms with van der Waals surface area (Å²) in [4.78, 5) is 17.9. The molecule has 0 aliphatic carbocycles. The molecule has 1 aliphatic heterocycles. The van der Waals surface area contributed by atoms with Crippen molar-refractivity contribution in [2.24, 2.45) is 0 Å². The largest absolute Gasteiger partial charge is 0.360 e. The number of ketones is 1. The number of nitrogens with zero attached hydrogens (tertiary/aromatic N) is 1. The second-order valence-corrected chi connectivity index (χ2v) is 5.81. The fraction of sp³-hybridized carbons (Fsp3) is 0.357. The van der Waals surface area contributed by atoms with Crippen LogP contribution in [0.15, 0.2) is 28.9 Å². The van der Waals surface area contributed by atoms with Gasteiger partial charge >= 0.3 is 0 Å². The van der Waals surface area contributed by atoms with Crippen LogP contribution in [0.25, 0.3) is 10.9 Å². The van der Waals surface area contributed by atoms with E-state index in [-0.39, 0.29) is 11.8 Å². The zero-order valence-electron chi connectivity index (χ0n) is 10.2. The van der Waals surface area contributed by atoms with E-state index >= 15 is 0 Å². The molecule has 0 saturated carbocycles. The van der Waals surface area contributed by atoms with Crippen LogP contribution in [0.3, 0.4) is 0 Å². The molecule has 3 nitrogen and oxygen atoms in total. The van der Waals surface area contributed by atoms with Crippen LogP contribution in [-0.4, -0.2) is 35.3 Å². The average Bonchev–Trinajstić information content (AvgIpc) is 2.94. The zero-order chi connectivity index (χ0) is 12.7. The summed E-state index contributed by atoms with van der Waals surface area (Å²) in [5.41, 5.74) is 1.83. The Morgan fingerprint density at radius 2 is 2.33 bits per heavy atom. The van der Waals surface area contributed by atoms with Gasteiger partial charge in [0.15, 0.2) is 5.78 Å². The Balaban J connectivity index is 2.03. The van der Waals surface area contributed by atoms with E-state index in [1.165, 1.54) is 0 Å². The maximum atomic E-state index is 12.6. The summed E-state index contributed by atoms with van der Waals surface area (Å²) in [5.74, 6) is 0.236. The third kappa shape index (κ3) is 1.89. The lowest BCUT2D eigenvalue weighted by molar-refractivity contribution is 0.0892. The normalized spacial score (nSPS) is 20.7. The lowest BCUT2D eigenvalue weighted by Crippen LogP contribution is -2.32. The molecular formula is C14H15BrN2O. The second-order valence-electron chi connectivity index (χ2n) is 4.90. The molecule has 2 heterocycles. The number of benzene rings is 1. The topological polar surface area (TPSA) is 36.1 Å². The molecule has 3 rings (SSSR count). The Hall–Kier alpha value is -1.13. The summed E-state index contributed by atoms with van der Waals surface area (Å²) < 4.78 is 1.00. The van der Waals surface area contributed by atoms with E-state index in [0.717, 1.165) is 40.3 Å². The number of rotatable bonds is 2. The van der Waals surface area contributed by atoms with Crippen molar-refractivity contribution in [2.45, 2.75) is 18.9 Å². The molecule has 1 atom stereocenters. The number of hydrogen-bond acceptors (Lipinski definition) is 2.